The lowest BCUT2D eigenvalue weighted by atomic mass is 10.2. The number of aromatic amines is 1. The van der Waals surface area contributed by atoms with Gasteiger partial charge in [0.05, 0.1) is 22.7 Å². The molecule has 0 bridgehead atoms. The first-order valence-electron chi connectivity index (χ1n) is 9.49. The third-order valence-electron chi connectivity index (χ3n) is 4.71. The Morgan fingerprint density at radius 2 is 1.94 bits per heavy atom. The number of carbonyl (C=O) groups excluding carboxylic acids is 1. The van der Waals surface area contributed by atoms with E-state index in [0.717, 1.165) is 0 Å². The summed E-state index contributed by atoms with van der Waals surface area (Å²) in [6, 6.07) is 13.5. The summed E-state index contributed by atoms with van der Waals surface area (Å²) in [5.41, 5.74) is 0.997. The Hall–Kier alpha value is -3.17. The summed E-state index contributed by atoms with van der Waals surface area (Å²) in [5.74, 6) is 1.38. The van der Waals surface area contributed by atoms with Gasteiger partial charge in [-0.15, -0.1) is 10.2 Å². The number of benzene rings is 2. The molecule has 0 saturated heterocycles. The minimum Gasteiger partial charge on any atom is -0.342 e. The van der Waals surface area contributed by atoms with Gasteiger partial charge < -0.3 is 14.9 Å². The second kappa shape index (κ2) is 8.91. The van der Waals surface area contributed by atoms with Crippen LogP contribution in [0.25, 0.3) is 10.9 Å². The van der Waals surface area contributed by atoms with Crippen LogP contribution in [0.3, 0.4) is 0 Å². The molecule has 8 nitrogen and oxygen atoms in total. The van der Waals surface area contributed by atoms with Crippen molar-refractivity contribution in [3.8, 4) is 0 Å². The van der Waals surface area contributed by atoms with Crippen molar-refractivity contribution < 1.29 is 4.79 Å². The third-order valence-corrected chi connectivity index (χ3v) is 5.99. The number of para-hydroxylation sites is 1. The van der Waals surface area contributed by atoms with E-state index in [4.69, 9.17) is 11.6 Å². The van der Waals surface area contributed by atoms with Crippen LogP contribution < -0.4 is 10.9 Å². The first-order chi connectivity index (χ1) is 14.9. The molecule has 0 aliphatic carbocycles. The molecule has 10 heteroatoms. The van der Waals surface area contributed by atoms with E-state index in [2.05, 4.69) is 25.5 Å². The molecule has 0 aliphatic rings. The van der Waals surface area contributed by atoms with Gasteiger partial charge >= 0.3 is 0 Å². The lowest BCUT2D eigenvalue weighted by Gasteiger charge is -2.13. The number of thioether (sulfide) groups is 1. The predicted octanol–water partition coefficient (Wildman–Crippen LogP) is 3.49. The number of carbonyl (C=O) groups is 1. The van der Waals surface area contributed by atoms with E-state index in [0.29, 0.717) is 44.0 Å². The Bertz CT molecular complexity index is 1300. The Kier molecular flexibility index (Phi) is 6.06. The van der Waals surface area contributed by atoms with Crippen LogP contribution in [0.2, 0.25) is 5.02 Å². The molecular weight excluding hydrogens is 436 g/mol. The summed E-state index contributed by atoms with van der Waals surface area (Å²) in [7, 11) is 1.83. The summed E-state index contributed by atoms with van der Waals surface area (Å²) in [4.78, 5) is 32.0. The van der Waals surface area contributed by atoms with Gasteiger partial charge in [0, 0.05) is 17.6 Å². The number of nitrogens with zero attached hydrogens (tertiary/aromatic N) is 4. The van der Waals surface area contributed by atoms with Crippen molar-refractivity contribution in [2.75, 3.05) is 0 Å². The van der Waals surface area contributed by atoms with E-state index in [1.165, 1.54) is 11.8 Å². The SMILES string of the molecule is C[C@H](NC(=O)c1ccc(Cl)cc1)c1nnc(SCc2nc3ccccc3c(=O)[nH]2)n1C. The monoisotopic (exact) mass is 454 g/mol. The normalized spacial score (nSPS) is 12.1. The van der Waals surface area contributed by atoms with Crippen LogP contribution >= 0.6 is 23.4 Å². The van der Waals surface area contributed by atoms with Crippen molar-refractivity contribution in [2.24, 2.45) is 7.05 Å². The molecule has 158 valence electrons. The number of hydrogen-bond donors (Lipinski definition) is 2. The van der Waals surface area contributed by atoms with E-state index >= 15 is 0 Å². The number of fused-ring (bicyclic) bond motifs is 1. The van der Waals surface area contributed by atoms with Crippen molar-refractivity contribution in [1.82, 2.24) is 30.0 Å². The highest BCUT2D eigenvalue weighted by Crippen LogP contribution is 2.22. The second-order valence-corrected chi connectivity index (χ2v) is 8.30. The Balaban J connectivity index is 1.45. The largest absolute Gasteiger partial charge is 0.342 e. The van der Waals surface area contributed by atoms with Crippen molar-refractivity contribution >= 4 is 40.2 Å². The van der Waals surface area contributed by atoms with Crippen LogP contribution in [0.5, 0.6) is 0 Å². The maximum atomic E-state index is 12.4. The number of aromatic nitrogens is 5. The highest BCUT2D eigenvalue weighted by atomic mass is 35.5. The van der Waals surface area contributed by atoms with E-state index in [-0.39, 0.29) is 17.5 Å². The maximum absolute atomic E-state index is 12.4. The number of hydrogen-bond acceptors (Lipinski definition) is 6. The highest BCUT2D eigenvalue weighted by Gasteiger charge is 2.19. The molecule has 0 saturated carbocycles. The van der Waals surface area contributed by atoms with Gasteiger partial charge in [-0.25, -0.2) is 4.98 Å². The van der Waals surface area contributed by atoms with Gasteiger partial charge in [0.15, 0.2) is 11.0 Å². The molecule has 0 aliphatic heterocycles. The van der Waals surface area contributed by atoms with Gasteiger partial charge in [-0.05, 0) is 43.3 Å². The average Bonchev–Trinajstić information content (AvgIpc) is 3.13. The lowest BCUT2D eigenvalue weighted by Crippen LogP contribution is -2.28. The van der Waals surface area contributed by atoms with Gasteiger partial charge in [-0.1, -0.05) is 35.5 Å². The molecule has 31 heavy (non-hydrogen) atoms. The minimum atomic E-state index is -0.353. The molecular formula is C21H19ClN6O2S. The van der Waals surface area contributed by atoms with Crippen molar-refractivity contribution in [1.29, 1.82) is 0 Å². The van der Waals surface area contributed by atoms with Crippen LogP contribution in [-0.2, 0) is 12.8 Å². The van der Waals surface area contributed by atoms with Crippen molar-refractivity contribution in [3.05, 3.63) is 81.1 Å². The van der Waals surface area contributed by atoms with Crippen LogP contribution in [0.4, 0.5) is 0 Å². The summed E-state index contributed by atoms with van der Waals surface area (Å²) in [5, 5.41) is 13.1. The van der Waals surface area contributed by atoms with E-state index in [1.54, 1.807) is 30.3 Å². The smallest absolute Gasteiger partial charge is 0.258 e. The van der Waals surface area contributed by atoms with E-state index in [1.807, 2.05) is 36.7 Å². The topological polar surface area (TPSA) is 106 Å². The molecule has 0 fully saturated rings. The standard InChI is InChI=1S/C21H19ClN6O2S/c1-12(23-19(29)13-7-9-14(22)10-8-13)18-26-27-21(28(18)2)31-11-17-24-16-6-4-3-5-15(16)20(30)25-17/h3-10,12H,11H2,1-2H3,(H,23,29)(H,24,25,30)/t12-/m0/s1. The predicted molar refractivity (Wildman–Crippen MR) is 120 cm³/mol. The summed E-state index contributed by atoms with van der Waals surface area (Å²) in [6.45, 7) is 1.84. The second-order valence-electron chi connectivity index (χ2n) is 6.92. The molecule has 0 radical (unpaired) electrons. The summed E-state index contributed by atoms with van der Waals surface area (Å²) < 4.78 is 1.82. The number of rotatable bonds is 6. The fourth-order valence-corrected chi connectivity index (χ4v) is 4.03. The number of H-pyrrole nitrogens is 1. The fourth-order valence-electron chi connectivity index (χ4n) is 3.11. The molecule has 1 amide bonds. The summed E-state index contributed by atoms with van der Waals surface area (Å²) >= 11 is 7.27. The van der Waals surface area contributed by atoms with E-state index in [9.17, 15) is 9.59 Å². The van der Waals surface area contributed by atoms with Gasteiger partial charge in [0.25, 0.3) is 11.5 Å². The quantitative estimate of drug-likeness (QED) is 0.432. The van der Waals surface area contributed by atoms with Gasteiger partial charge in [0.2, 0.25) is 0 Å². The molecule has 2 aromatic heterocycles. The van der Waals surface area contributed by atoms with Crippen LogP contribution in [-0.4, -0.2) is 30.6 Å². The minimum absolute atomic E-state index is 0.168. The first kappa shape index (κ1) is 21.1. The van der Waals surface area contributed by atoms with Gasteiger partial charge in [-0.2, -0.15) is 0 Å². The van der Waals surface area contributed by atoms with Crippen LogP contribution in [0.15, 0.2) is 58.5 Å². The highest BCUT2D eigenvalue weighted by molar-refractivity contribution is 7.98. The fraction of sp³-hybridized carbons (Fsp3) is 0.190. The van der Waals surface area contributed by atoms with Gasteiger partial charge in [-0.3, -0.25) is 9.59 Å². The van der Waals surface area contributed by atoms with E-state index < -0.39 is 0 Å². The molecule has 0 spiro atoms. The van der Waals surface area contributed by atoms with Gasteiger partial charge in [0.1, 0.15) is 5.82 Å². The lowest BCUT2D eigenvalue weighted by molar-refractivity contribution is 0.0937. The number of halogens is 1. The number of amides is 1. The molecule has 2 aromatic carbocycles. The van der Waals surface area contributed by atoms with Crippen LogP contribution in [0, 0.1) is 0 Å². The Morgan fingerprint density at radius 3 is 2.71 bits per heavy atom. The molecule has 4 rings (SSSR count). The molecule has 0 unspecified atom stereocenters. The maximum Gasteiger partial charge on any atom is 0.258 e. The molecule has 2 N–H and O–H groups in total. The zero-order chi connectivity index (χ0) is 22.0. The molecule has 4 aromatic rings. The first-order valence-corrected chi connectivity index (χ1v) is 10.8. The summed E-state index contributed by atoms with van der Waals surface area (Å²) in [6.07, 6.45) is 0. The van der Waals surface area contributed by atoms with Crippen molar-refractivity contribution in [3.63, 3.8) is 0 Å². The molecule has 1 atom stereocenters. The Morgan fingerprint density at radius 1 is 1.19 bits per heavy atom. The Labute approximate surface area is 187 Å². The molecule has 2 heterocycles. The average molecular weight is 455 g/mol. The van der Waals surface area contributed by atoms with Crippen LogP contribution in [0.1, 0.15) is 35.0 Å². The number of nitrogens with one attached hydrogen (secondary N) is 2. The van der Waals surface area contributed by atoms with Crippen molar-refractivity contribution in [2.45, 2.75) is 23.9 Å². The zero-order valence-electron chi connectivity index (χ0n) is 16.8. The third kappa shape index (κ3) is 4.62. The zero-order valence-corrected chi connectivity index (χ0v) is 18.4.